The van der Waals surface area contributed by atoms with Gasteiger partial charge in [-0.3, -0.25) is 4.98 Å². The molecule has 1 aliphatic heterocycles. The summed E-state index contributed by atoms with van der Waals surface area (Å²) in [4.78, 5) is 11.0. The van der Waals surface area contributed by atoms with Crippen molar-refractivity contribution in [2.75, 3.05) is 18.0 Å². The number of hydrogen-bond donors (Lipinski definition) is 2. The van der Waals surface area contributed by atoms with Crippen LogP contribution < -0.4 is 10.6 Å². The van der Waals surface area contributed by atoms with E-state index in [4.69, 9.17) is 5.73 Å². The van der Waals surface area contributed by atoms with Crippen LogP contribution in [0.4, 0.5) is 5.82 Å². The highest BCUT2D eigenvalue weighted by molar-refractivity contribution is 5.36. The van der Waals surface area contributed by atoms with E-state index in [1.165, 1.54) is 0 Å². The van der Waals surface area contributed by atoms with E-state index in [9.17, 15) is 5.11 Å². The van der Waals surface area contributed by atoms with E-state index in [1.54, 1.807) is 0 Å². The molecule has 5 heteroatoms. The van der Waals surface area contributed by atoms with Gasteiger partial charge in [-0.1, -0.05) is 0 Å². The molecule has 1 aromatic heterocycles. The highest BCUT2D eigenvalue weighted by Crippen LogP contribution is 2.45. The molecule has 2 atom stereocenters. The van der Waals surface area contributed by atoms with Crippen molar-refractivity contribution in [1.82, 2.24) is 9.97 Å². The molecule has 0 unspecified atom stereocenters. The van der Waals surface area contributed by atoms with Gasteiger partial charge < -0.3 is 15.7 Å². The molecule has 1 saturated heterocycles. The molecule has 3 N–H and O–H groups in total. The van der Waals surface area contributed by atoms with Gasteiger partial charge >= 0.3 is 0 Å². The number of nitrogens with zero attached hydrogens (tertiary/aromatic N) is 3. The zero-order chi connectivity index (χ0) is 13.5. The van der Waals surface area contributed by atoms with E-state index >= 15 is 0 Å². The molecule has 5 nitrogen and oxygen atoms in total. The maximum absolute atomic E-state index is 9.81. The van der Waals surface area contributed by atoms with E-state index in [0.717, 1.165) is 50.3 Å². The lowest BCUT2D eigenvalue weighted by Crippen LogP contribution is -2.47. The van der Waals surface area contributed by atoms with Gasteiger partial charge in [0.1, 0.15) is 5.82 Å². The van der Waals surface area contributed by atoms with Crippen LogP contribution in [0.25, 0.3) is 0 Å². The predicted molar refractivity (Wildman–Crippen MR) is 73.9 cm³/mol. The van der Waals surface area contributed by atoms with Gasteiger partial charge in [-0.05, 0) is 38.0 Å². The minimum atomic E-state index is -0.208. The van der Waals surface area contributed by atoms with Crippen LogP contribution in [0.5, 0.6) is 0 Å². The van der Waals surface area contributed by atoms with Crippen molar-refractivity contribution >= 4 is 5.82 Å². The minimum absolute atomic E-state index is 0.147. The minimum Gasteiger partial charge on any atom is -0.393 e. The Morgan fingerprint density at radius 1 is 1.32 bits per heavy atom. The fourth-order valence-electron chi connectivity index (χ4n) is 3.55. The number of aliphatic hydroxyl groups excluding tert-OH is 1. The van der Waals surface area contributed by atoms with E-state index in [2.05, 4.69) is 14.9 Å². The Balaban J connectivity index is 1.68. The summed E-state index contributed by atoms with van der Waals surface area (Å²) in [6, 6.07) is 0.147. The number of nitrogens with two attached hydrogens (primary N) is 1. The van der Waals surface area contributed by atoms with Crippen LogP contribution in [0.1, 0.15) is 31.4 Å². The van der Waals surface area contributed by atoms with Crippen molar-refractivity contribution in [3.8, 4) is 0 Å². The van der Waals surface area contributed by atoms with Gasteiger partial charge in [0, 0.05) is 19.1 Å². The second-order valence-corrected chi connectivity index (χ2v) is 6.07. The predicted octanol–water partition coefficient (Wildman–Crippen LogP) is 0.854. The SMILES string of the molecule is Cc1cnc(N2CCC3(CC2)C[C@@H](O)C[C@H]3N)cn1. The maximum Gasteiger partial charge on any atom is 0.147 e. The Labute approximate surface area is 113 Å². The Kier molecular flexibility index (Phi) is 3.19. The zero-order valence-electron chi connectivity index (χ0n) is 11.4. The van der Waals surface area contributed by atoms with Crippen LogP contribution in [0, 0.1) is 12.3 Å². The fourth-order valence-corrected chi connectivity index (χ4v) is 3.55. The summed E-state index contributed by atoms with van der Waals surface area (Å²) in [5, 5.41) is 9.81. The Morgan fingerprint density at radius 2 is 2.05 bits per heavy atom. The molecule has 1 spiro atoms. The normalized spacial score (nSPS) is 29.9. The van der Waals surface area contributed by atoms with Gasteiger partial charge in [-0.25, -0.2) is 4.98 Å². The Bertz CT molecular complexity index is 439. The van der Waals surface area contributed by atoms with Crippen LogP contribution in [0.15, 0.2) is 12.4 Å². The first kappa shape index (κ1) is 12.8. The fraction of sp³-hybridized carbons (Fsp3) is 0.714. The molecule has 1 aromatic rings. The van der Waals surface area contributed by atoms with Gasteiger partial charge in [-0.2, -0.15) is 0 Å². The summed E-state index contributed by atoms with van der Waals surface area (Å²) >= 11 is 0. The number of hydrogen-bond acceptors (Lipinski definition) is 5. The zero-order valence-corrected chi connectivity index (χ0v) is 11.4. The molecule has 3 rings (SSSR count). The molecule has 0 amide bonds. The van der Waals surface area contributed by atoms with Gasteiger partial charge in [-0.15, -0.1) is 0 Å². The summed E-state index contributed by atoms with van der Waals surface area (Å²) in [6.45, 7) is 3.86. The molecular weight excluding hydrogens is 240 g/mol. The van der Waals surface area contributed by atoms with Crippen molar-refractivity contribution in [3.05, 3.63) is 18.1 Å². The Morgan fingerprint density at radius 3 is 2.58 bits per heavy atom. The molecule has 104 valence electrons. The van der Waals surface area contributed by atoms with E-state index in [-0.39, 0.29) is 17.6 Å². The molecular formula is C14H22N4O. The smallest absolute Gasteiger partial charge is 0.147 e. The van der Waals surface area contributed by atoms with E-state index in [1.807, 2.05) is 19.3 Å². The lowest BCUT2D eigenvalue weighted by Gasteiger charge is -2.42. The first-order chi connectivity index (χ1) is 9.09. The molecule has 19 heavy (non-hydrogen) atoms. The van der Waals surface area contributed by atoms with Crippen LogP contribution in [0.2, 0.25) is 0 Å². The van der Waals surface area contributed by atoms with Gasteiger partial charge in [0.25, 0.3) is 0 Å². The molecule has 1 saturated carbocycles. The van der Waals surface area contributed by atoms with E-state index in [0.29, 0.717) is 0 Å². The van der Waals surface area contributed by atoms with Crippen LogP contribution in [0.3, 0.4) is 0 Å². The number of rotatable bonds is 1. The summed E-state index contributed by atoms with van der Waals surface area (Å²) in [7, 11) is 0. The first-order valence-electron chi connectivity index (χ1n) is 7.06. The third-order valence-corrected chi connectivity index (χ3v) is 4.81. The monoisotopic (exact) mass is 262 g/mol. The van der Waals surface area contributed by atoms with Crippen molar-refractivity contribution < 1.29 is 5.11 Å². The highest BCUT2D eigenvalue weighted by Gasteiger charge is 2.46. The number of aliphatic hydroxyl groups is 1. The van der Waals surface area contributed by atoms with Crippen LogP contribution in [-0.2, 0) is 0 Å². The molecule has 1 aliphatic carbocycles. The average Bonchev–Trinajstić information content (AvgIpc) is 2.66. The van der Waals surface area contributed by atoms with Crippen molar-refractivity contribution in [2.45, 2.75) is 44.8 Å². The van der Waals surface area contributed by atoms with Gasteiger partial charge in [0.15, 0.2) is 0 Å². The topological polar surface area (TPSA) is 75.3 Å². The van der Waals surface area contributed by atoms with Gasteiger partial charge in [0.2, 0.25) is 0 Å². The maximum atomic E-state index is 9.81. The highest BCUT2D eigenvalue weighted by atomic mass is 16.3. The number of aromatic nitrogens is 2. The number of anilines is 1. The molecule has 2 aliphatic rings. The largest absolute Gasteiger partial charge is 0.393 e. The molecule has 0 bridgehead atoms. The Hall–Kier alpha value is -1.20. The first-order valence-corrected chi connectivity index (χ1v) is 7.06. The van der Waals surface area contributed by atoms with Crippen molar-refractivity contribution in [3.63, 3.8) is 0 Å². The van der Waals surface area contributed by atoms with Crippen molar-refractivity contribution in [2.24, 2.45) is 11.1 Å². The lowest BCUT2D eigenvalue weighted by atomic mass is 9.74. The third-order valence-electron chi connectivity index (χ3n) is 4.81. The standard InChI is InChI=1S/C14H22N4O/c1-10-8-17-13(9-16-10)18-4-2-14(3-5-18)7-11(19)6-12(14)15/h8-9,11-12,19H,2-7,15H2,1H3/t11-,12+/m0/s1. The second-order valence-electron chi connectivity index (χ2n) is 6.07. The summed E-state index contributed by atoms with van der Waals surface area (Å²) in [5.74, 6) is 0.951. The van der Waals surface area contributed by atoms with Crippen molar-refractivity contribution in [1.29, 1.82) is 0 Å². The molecule has 0 aromatic carbocycles. The average molecular weight is 262 g/mol. The third kappa shape index (κ3) is 2.32. The quantitative estimate of drug-likeness (QED) is 0.785. The number of aryl methyl sites for hydroxylation is 1. The second kappa shape index (κ2) is 4.72. The molecule has 0 radical (unpaired) electrons. The summed E-state index contributed by atoms with van der Waals surface area (Å²) in [6.07, 6.45) is 7.15. The lowest BCUT2D eigenvalue weighted by molar-refractivity contribution is 0.141. The van der Waals surface area contributed by atoms with Crippen LogP contribution in [-0.4, -0.2) is 40.3 Å². The van der Waals surface area contributed by atoms with Gasteiger partial charge in [0.05, 0.1) is 24.2 Å². The summed E-state index contributed by atoms with van der Waals surface area (Å²) in [5.41, 5.74) is 7.32. The molecule has 2 heterocycles. The number of piperidine rings is 1. The van der Waals surface area contributed by atoms with E-state index < -0.39 is 0 Å². The summed E-state index contributed by atoms with van der Waals surface area (Å²) < 4.78 is 0. The molecule has 2 fully saturated rings. The van der Waals surface area contributed by atoms with Crippen LogP contribution >= 0.6 is 0 Å².